The Kier molecular flexibility index (Phi) is 4.03. The smallest absolute Gasteiger partial charge is 0.234 e. The molecule has 2 aromatic heterocycles. The minimum absolute atomic E-state index is 0.364. The summed E-state index contributed by atoms with van der Waals surface area (Å²) in [5.74, 6) is 1.40. The fourth-order valence-electron chi connectivity index (χ4n) is 1.96. The molecule has 6 nitrogen and oxygen atoms in total. The van der Waals surface area contributed by atoms with Crippen LogP contribution in [0.3, 0.4) is 0 Å². The minimum atomic E-state index is -0.594. The van der Waals surface area contributed by atoms with E-state index in [9.17, 15) is 0 Å². The first-order valence-electron chi connectivity index (χ1n) is 6.65. The van der Waals surface area contributed by atoms with Gasteiger partial charge in [0, 0.05) is 12.1 Å². The van der Waals surface area contributed by atoms with E-state index < -0.39 is 5.60 Å². The zero-order valence-corrected chi connectivity index (χ0v) is 14.0. The van der Waals surface area contributed by atoms with Gasteiger partial charge in [0.2, 0.25) is 4.96 Å². The highest BCUT2D eigenvalue weighted by Gasteiger charge is 2.29. The number of hydrogen-bond acceptors (Lipinski definition) is 6. The zero-order chi connectivity index (χ0) is 15.7. The Labute approximate surface area is 136 Å². The van der Waals surface area contributed by atoms with Crippen molar-refractivity contribution in [2.75, 3.05) is 7.11 Å². The summed E-state index contributed by atoms with van der Waals surface area (Å²) in [6.45, 7) is 4.29. The van der Waals surface area contributed by atoms with Crippen LogP contribution in [0, 0.1) is 0 Å². The molecule has 0 spiro atoms. The molecule has 0 saturated heterocycles. The second-order valence-electron chi connectivity index (χ2n) is 5.22. The van der Waals surface area contributed by atoms with Gasteiger partial charge in [-0.1, -0.05) is 22.9 Å². The third-order valence-electron chi connectivity index (χ3n) is 3.03. The van der Waals surface area contributed by atoms with Crippen molar-refractivity contribution >= 4 is 27.9 Å². The number of aromatic nitrogens is 4. The van der Waals surface area contributed by atoms with Crippen molar-refractivity contribution in [2.24, 2.45) is 0 Å². The maximum atomic E-state index is 6.04. The molecule has 0 radical (unpaired) electrons. The monoisotopic (exact) mass is 338 g/mol. The quantitative estimate of drug-likeness (QED) is 0.714. The van der Waals surface area contributed by atoms with Crippen LogP contribution < -0.4 is 4.74 Å². The Morgan fingerprint density at radius 2 is 1.95 bits per heavy atom. The lowest BCUT2D eigenvalue weighted by Crippen LogP contribution is -2.25. The van der Waals surface area contributed by atoms with Crippen LogP contribution in [0.25, 0.3) is 4.96 Å². The average molecular weight is 339 g/mol. The molecule has 22 heavy (non-hydrogen) atoms. The van der Waals surface area contributed by atoms with Crippen LogP contribution in [0.2, 0.25) is 5.02 Å². The van der Waals surface area contributed by atoms with Crippen molar-refractivity contribution in [1.29, 1.82) is 0 Å². The molecule has 0 bridgehead atoms. The van der Waals surface area contributed by atoms with Gasteiger partial charge in [-0.05, 0) is 38.1 Å². The summed E-state index contributed by atoms with van der Waals surface area (Å²) < 4.78 is 12.8. The highest BCUT2D eigenvalue weighted by molar-refractivity contribution is 7.16. The number of nitrogens with zero attached hydrogens (tertiary/aromatic N) is 4. The predicted molar refractivity (Wildman–Crippen MR) is 84.5 cm³/mol. The van der Waals surface area contributed by atoms with Crippen LogP contribution in [0.4, 0.5) is 0 Å². The largest absolute Gasteiger partial charge is 0.481 e. The first-order valence-corrected chi connectivity index (χ1v) is 7.84. The lowest BCUT2D eigenvalue weighted by Gasteiger charge is -2.23. The molecule has 3 aromatic rings. The molecule has 0 aliphatic rings. The van der Waals surface area contributed by atoms with E-state index in [1.807, 2.05) is 26.0 Å². The number of fused-ring (bicyclic) bond motifs is 1. The van der Waals surface area contributed by atoms with Gasteiger partial charge in [-0.15, -0.1) is 10.2 Å². The summed E-state index contributed by atoms with van der Waals surface area (Å²) in [6.07, 6.45) is 0. The van der Waals surface area contributed by atoms with E-state index in [1.54, 1.807) is 23.8 Å². The average Bonchev–Trinajstić information content (AvgIpc) is 3.04. The van der Waals surface area contributed by atoms with Gasteiger partial charge in [0.25, 0.3) is 0 Å². The maximum Gasteiger partial charge on any atom is 0.234 e. The maximum absolute atomic E-state index is 6.04. The zero-order valence-electron chi connectivity index (χ0n) is 12.4. The first-order chi connectivity index (χ1) is 10.5. The Morgan fingerprint density at radius 3 is 2.64 bits per heavy atom. The van der Waals surface area contributed by atoms with E-state index in [0.717, 1.165) is 15.7 Å². The van der Waals surface area contributed by atoms with E-state index in [1.165, 1.54) is 11.3 Å². The molecule has 0 fully saturated rings. The van der Waals surface area contributed by atoms with Crippen LogP contribution in [-0.4, -0.2) is 26.9 Å². The highest BCUT2D eigenvalue weighted by Crippen LogP contribution is 2.31. The van der Waals surface area contributed by atoms with Crippen molar-refractivity contribution < 1.29 is 9.47 Å². The van der Waals surface area contributed by atoms with Gasteiger partial charge in [0.15, 0.2) is 16.4 Å². The predicted octanol–water partition coefficient (Wildman–Crippen LogP) is 3.30. The highest BCUT2D eigenvalue weighted by atomic mass is 35.5. The minimum Gasteiger partial charge on any atom is -0.481 e. The van der Waals surface area contributed by atoms with Gasteiger partial charge in [-0.3, -0.25) is 0 Å². The summed E-state index contributed by atoms with van der Waals surface area (Å²) in [5.41, 5.74) is -0.594. The standard InChI is InChI=1S/C14H15ClN4O2S/c1-14(2,21-10-6-4-9(15)5-7-10)12-18-19-11(8-20-3)16-17-13(19)22-12/h4-7H,8H2,1-3H3. The molecule has 0 aliphatic carbocycles. The molecule has 0 aliphatic heterocycles. The Bertz CT molecular complexity index is 782. The van der Waals surface area contributed by atoms with Crippen LogP contribution in [0.1, 0.15) is 24.7 Å². The van der Waals surface area contributed by atoms with Crippen molar-refractivity contribution in [3.8, 4) is 5.75 Å². The first kappa shape index (κ1) is 15.2. The Morgan fingerprint density at radius 1 is 1.23 bits per heavy atom. The molecule has 0 atom stereocenters. The van der Waals surface area contributed by atoms with E-state index in [2.05, 4.69) is 15.3 Å². The molecule has 2 heterocycles. The summed E-state index contributed by atoms with van der Waals surface area (Å²) in [5, 5.41) is 14.2. The van der Waals surface area contributed by atoms with Crippen LogP contribution >= 0.6 is 22.9 Å². The molecular weight excluding hydrogens is 324 g/mol. The van der Waals surface area contributed by atoms with Crippen LogP contribution in [-0.2, 0) is 16.9 Å². The van der Waals surface area contributed by atoms with Gasteiger partial charge < -0.3 is 9.47 Å². The fraction of sp³-hybridized carbons (Fsp3) is 0.357. The second-order valence-corrected chi connectivity index (χ2v) is 6.61. The topological polar surface area (TPSA) is 61.5 Å². The lowest BCUT2D eigenvalue weighted by molar-refractivity contribution is 0.107. The van der Waals surface area contributed by atoms with Gasteiger partial charge in [-0.2, -0.15) is 9.61 Å². The van der Waals surface area contributed by atoms with Gasteiger partial charge in [-0.25, -0.2) is 0 Å². The Hall–Kier alpha value is -1.70. The third kappa shape index (κ3) is 2.92. The molecule has 0 amide bonds. The molecule has 0 saturated carbocycles. The normalized spacial score (nSPS) is 12.0. The van der Waals surface area contributed by atoms with Crippen molar-refractivity contribution in [1.82, 2.24) is 19.8 Å². The van der Waals surface area contributed by atoms with Crippen molar-refractivity contribution in [3.05, 3.63) is 40.1 Å². The number of benzene rings is 1. The third-order valence-corrected chi connectivity index (χ3v) is 4.49. The number of hydrogen-bond donors (Lipinski definition) is 0. The molecule has 1 aromatic carbocycles. The molecular formula is C14H15ClN4O2S. The van der Waals surface area contributed by atoms with Crippen molar-refractivity contribution in [2.45, 2.75) is 26.1 Å². The van der Waals surface area contributed by atoms with Gasteiger partial charge in [0.05, 0.1) is 0 Å². The molecule has 0 N–H and O–H groups in total. The number of methoxy groups -OCH3 is 1. The van der Waals surface area contributed by atoms with E-state index in [0.29, 0.717) is 17.5 Å². The lowest BCUT2D eigenvalue weighted by atomic mass is 10.1. The molecule has 116 valence electrons. The van der Waals surface area contributed by atoms with Crippen molar-refractivity contribution in [3.63, 3.8) is 0 Å². The summed E-state index contributed by atoms with van der Waals surface area (Å²) in [4.78, 5) is 0.717. The van der Waals surface area contributed by atoms with E-state index in [-0.39, 0.29) is 0 Å². The van der Waals surface area contributed by atoms with Gasteiger partial charge in [0.1, 0.15) is 12.4 Å². The summed E-state index contributed by atoms with van der Waals surface area (Å²) in [6, 6.07) is 7.26. The molecule has 3 rings (SSSR count). The number of ether oxygens (including phenoxy) is 2. The van der Waals surface area contributed by atoms with Crippen LogP contribution in [0.5, 0.6) is 5.75 Å². The summed E-state index contributed by atoms with van der Waals surface area (Å²) >= 11 is 7.33. The summed E-state index contributed by atoms with van der Waals surface area (Å²) in [7, 11) is 1.61. The molecule has 8 heteroatoms. The Balaban J connectivity index is 1.89. The SMILES string of the molecule is COCc1nnc2sc(C(C)(C)Oc3ccc(Cl)cc3)nn12. The number of halogens is 1. The van der Waals surface area contributed by atoms with E-state index >= 15 is 0 Å². The number of rotatable bonds is 5. The second kappa shape index (κ2) is 5.83. The van der Waals surface area contributed by atoms with E-state index in [4.69, 9.17) is 21.1 Å². The fourth-order valence-corrected chi connectivity index (χ4v) is 2.98. The van der Waals surface area contributed by atoms with Crippen LogP contribution in [0.15, 0.2) is 24.3 Å². The molecule has 0 unspecified atom stereocenters. The van der Waals surface area contributed by atoms with Gasteiger partial charge >= 0.3 is 0 Å².